The van der Waals surface area contributed by atoms with Crippen molar-refractivity contribution in [3.63, 3.8) is 0 Å². The van der Waals surface area contributed by atoms with Crippen LogP contribution in [0.15, 0.2) is 23.8 Å². The van der Waals surface area contributed by atoms with Crippen LogP contribution in [0.4, 0.5) is 0 Å². The predicted octanol–water partition coefficient (Wildman–Crippen LogP) is 1.90. The molecule has 0 aromatic rings. The number of carbonyl (C=O) groups excluding carboxylic acids is 3. The van der Waals surface area contributed by atoms with Gasteiger partial charge in [0, 0.05) is 7.11 Å². The molecule has 2 amide bonds. The van der Waals surface area contributed by atoms with Gasteiger partial charge in [0.25, 0.3) is 0 Å². The standard InChI is InChI=1S/C10H14NO2.C7H12NO3.C2H6.CH4O.2Fm/c1-3-5-9(4-2)6-10(7-12)11-8-13;1-5(2)3-6(7(10)11)8-4-9;2*1-2;;/h3-5,7,10H,6H2,1-2H3,(H,11,13);5-6H,3H2,1-2H3,(H,8,9)(H,10,11);1-2H3;2H,1H3;;/q2*-1;;;;/b5-3-,9-4+;;;;;. The van der Waals surface area contributed by atoms with Gasteiger partial charge in [-0.3, -0.25) is 4.79 Å². The van der Waals surface area contributed by atoms with Gasteiger partial charge < -0.3 is 35.2 Å². The van der Waals surface area contributed by atoms with E-state index >= 15 is 0 Å². The van der Waals surface area contributed by atoms with Crippen LogP contribution in [0.2, 0.25) is 0 Å². The Morgan fingerprint density at radius 3 is 1.77 bits per heavy atom. The van der Waals surface area contributed by atoms with Gasteiger partial charge in [-0.1, -0.05) is 51.5 Å². The Morgan fingerprint density at radius 1 is 1.03 bits per heavy atom. The fourth-order valence-electron chi connectivity index (χ4n) is 1.72. The summed E-state index contributed by atoms with van der Waals surface area (Å²) >= 11 is 0. The third-order valence-electron chi connectivity index (χ3n) is 2.85. The Hall–Kier alpha value is -4.48. The van der Waals surface area contributed by atoms with Gasteiger partial charge in [-0.15, -0.1) is 0 Å². The van der Waals surface area contributed by atoms with E-state index in [2.05, 4.69) is 10.6 Å². The van der Waals surface area contributed by atoms with Crippen molar-refractivity contribution in [3.05, 3.63) is 23.8 Å². The number of carbonyl (C=O) groups is 2. The zero-order chi connectivity index (χ0) is 23.0. The normalized spacial score (nSPS) is 11.2. The van der Waals surface area contributed by atoms with E-state index in [1.165, 1.54) is 12.8 Å². The molecule has 0 radical (unpaired) electrons. The molecule has 8 nitrogen and oxygen atoms in total. The van der Waals surface area contributed by atoms with E-state index in [1.807, 2.05) is 59.8 Å². The van der Waals surface area contributed by atoms with Gasteiger partial charge in [0.1, 0.15) is 6.29 Å². The number of carboxylic acids is 1. The molecule has 2 atom stereocenters. The molecule has 0 bridgehead atoms. The molecule has 4 N–H and O–H groups in total. The SMILES string of the molecule is C/C=C\C(=C/C)CC(C=O)N[C-]=O.CC.CC(C)CC(N[C-]=O)C(=O)O.CO.[Fm].[Fm]. The molecule has 0 fully saturated rings. The maximum absolute atomic E-state index is 10.5. The number of carboxylic acid groups (broad SMARTS) is 1. The monoisotopic (exact) mass is 914 g/mol. The quantitative estimate of drug-likeness (QED) is 0.109. The Morgan fingerprint density at radius 2 is 1.50 bits per heavy atom. The number of aliphatic carboxylic acids is 1. The molecule has 0 spiro atoms. The van der Waals surface area contributed by atoms with Crippen molar-refractivity contribution in [2.45, 2.75) is 66.5 Å². The molecule has 10 heteroatoms. The molecule has 0 aromatic carbocycles. The number of amides is 2. The van der Waals surface area contributed by atoms with E-state index in [-0.39, 0.29) is 5.92 Å². The first-order valence-electron chi connectivity index (χ1n) is 9.02. The number of rotatable bonds is 11. The van der Waals surface area contributed by atoms with Crippen LogP contribution in [0.25, 0.3) is 0 Å². The fourth-order valence-corrected chi connectivity index (χ4v) is 1.72. The summed E-state index contributed by atoms with van der Waals surface area (Å²) in [6, 6.07) is -1.27. The topological polar surface area (TPSA) is 133 Å². The summed E-state index contributed by atoms with van der Waals surface area (Å²) in [4.78, 5) is 40.6. The molecule has 0 aliphatic heterocycles. The Labute approximate surface area is 169 Å². The summed E-state index contributed by atoms with van der Waals surface area (Å²) < 4.78 is 0. The molecule has 0 rings (SSSR count). The summed E-state index contributed by atoms with van der Waals surface area (Å²) in [6.45, 7) is 11.6. The van der Waals surface area contributed by atoms with Crippen LogP contribution in [0.5, 0.6) is 0 Å². The van der Waals surface area contributed by atoms with Gasteiger partial charge in [0.15, 0.2) is 0 Å². The van der Waals surface area contributed by atoms with Crippen molar-refractivity contribution in [2.24, 2.45) is 5.92 Å². The second-order valence-electron chi connectivity index (χ2n) is 5.32. The molecule has 0 aliphatic carbocycles. The molecule has 0 aliphatic rings. The molecule has 0 saturated heterocycles. The number of aldehydes is 1. The number of nitrogens with one attached hydrogen (secondary N) is 2. The van der Waals surface area contributed by atoms with Gasteiger partial charge in [-0.25, -0.2) is 0 Å². The summed E-state index contributed by atoms with van der Waals surface area (Å²) in [5.74, 6) is -0.765. The number of aliphatic hydroxyl groups is 1. The Bertz CT molecular complexity index is 459. The molecule has 0 saturated carbocycles. The van der Waals surface area contributed by atoms with Gasteiger partial charge in [-0.05, 0) is 32.6 Å². The Balaban J connectivity index is -0.0000000782. The maximum Gasteiger partial charge on any atom is 0.323 e. The van der Waals surface area contributed by atoms with Crippen LogP contribution in [-0.4, -0.2) is 54.5 Å². The average molecular weight is 915 g/mol. The molecule has 0 aromatic heterocycles. The van der Waals surface area contributed by atoms with Crippen LogP contribution in [0, 0.1) is 5.92 Å². The number of hydrogen-bond acceptors (Lipinski definition) is 5. The number of allylic oxidation sites excluding steroid dienone is 3. The zero-order valence-corrected chi connectivity index (χ0v) is 23.4. The van der Waals surface area contributed by atoms with E-state index in [1.54, 1.807) is 0 Å². The summed E-state index contributed by atoms with van der Waals surface area (Å²) in [6.07, 6.45) is 10.2. The van der Waals surface area contributed by atoms with E-state index in [0.717, 1.165) is 12.7 Å². The largest absolute Gasteiger partial charge is 0.521 e. The zero-order valence-electron chi connectivity index (χ0n) is 18.6. The molecular weight excluding hydrogens is 878 g/mol. The van der Waals surface area contributed by atoms with Crippen LogP contribution in [0.1, 0.15) is 54.4 Å². The Kier molecular flexibility index (Phi) is 43.2. The first-order valence-corrected chi connectivity index (χ1v) is 9.02. The second kappa shape index (κ2) is 32.2. The van der Waals surface area contributed by atoms with Crippen molar-refractivity contribution in [3.8, 4) is 0 Å². The molecule has 188 valence electrons. The average Bonchev–Trinajstić information content (AvgIpc) is 2.69. The third-order valence-corrected chi connectivity index (χ3v) is 2.85. The minimum Gasteiger partial charge on any atom is -0.521 e. The summed E-state index contributed by atoms with van der Waals surface area (Å²) in [5, 5.41) is 19.9. The van der Waals surface area contributed by atoms with Crippen molar-refractivity contribution in [1.82, 2.24) is 10.6 Å². The van der Waals surface area contributed by atoms with Gasteiger partial charge >= 0.3 is 5.97 Å². The minimum absolute atomic E-state index is 0. The fraction of sp³-hybridized carbons (Fsp3) is 0.600. The summed E-state index contributed by atoms with van der Waals surface area (Å²) in [7, 11) is 1.00. The van der Waals surface area contributed by atoms with Crippen LogP contribution in [0.3, 0.4) is 0 Å². The van der Waals surface area contributed by atoms with Crippen molar-refractivity contribution < 1.29 is 29.4 Å². The smallest absolute Gasteiger partial charge is 0.323 e. The number of hydrogen-bond donors (Lipinski definition) is 4. The van der Waals surface area contributed by atoms with E-state index in [4.69, 9.17) is 10.2 Å². The number of aliphatic hydroxyl groups excluding tert-OH is 1. The first-order chi connectivity index (χ1) is 13.4. The summed E-state index contributed by atoms with van der Waals surface area (Å²) in [5.41, 5.74) is 1.02. The van der Waals surface area contributed by atoms with E-state index in [9.17, 15) is 19.2 Å². The second-order valence-corrected chi connectivity index (χ2v) is 5.32. The van der Waals surface area contributed by atoms with Crippen molar-refractivity contribution >= 4 is 25.1 Å². The van der Waals surface area contributed by atoms with Gasteiger partial charge in [0.2, 0.25) is 0 Å². The van der Waals surface area contributed by atoms with Crippen molar-refractivity contribution in [2.75, 3.05) is 7.11 Å². The van der Waals surface area contributed by atoms with E-state index in [0.29, 0.717) is 19.1 Å². The molecule has 0 heterocycles. The van der Waals surface area contributed by atoms with Crippen LogP contribution >= 0.6 is 0 Å². The van der Waals surface area contributed by atoms with Crippen LogP contribution < -0.4 is 10.6 Å². The van der Waals surface area contributed by atoms with E-state index < -0.39 is 18.1 Å². The van der Waals surface area contributed by atoms with Crippen LogP contribution in [-0.2, 0) is 19.2 Å². The van der Waals surface area contributed by atoms with Gasteiger partial charge in [0.05, 0.1) is 12.1 Å². The molecule has 2 unspecified atom stereocenters. The van der Waals surface area contributed by atoms with Gasteiger partial charge in [-0.2, -0.15) is 12.8 Å². The third kappa shape index (κ3) is 28.3. The van der Waals surface area contributed by atoms with Crippen molar-refractivity contribution in [1.29, 1.82) is 0 Å². The maximum atomic E-state index is 10.5. The molecular formula is C20H36Fm2N2O6-2. The minimum atomic E-state index is -1.01. The first kappa shape index (κ1) is 40.3. The molecule has 30 heavy (non-hydrogen) atoms. The predicted molar refractivity (Wildman–Crippen MR) is 111 cm³/mol.